The number of nitrogens with zero attached hydrogens (tertiary/aromatic N) is 2. The van der Waals surface area contributed by atoms with Gasteiger partial charge in [0.25, 0.3) is 5.91 Å². The van der Waals surface area contributed by atoms with Gasteiger partial charge in [-0.3, -0.25) is 9.59 Å². The van der Waals surface area contributed by atoms with Crippen LogP contribution in [0, 0.1) is 11.8 Å². The number of benzene rings is 1. The van der Waals surface area contributed by atoms with E-state index in [1.54, 1.807) is 0 Å². The molecule has 2 aliphatic heterocycles. The first-order valence-corrected chi connectivity index (χ1v) is 13.1. The summed E-state index contributed by atoms with van der Waals surface area (Å²) in [5, 5.41) is 6.66. The van der Waals surface area contributed by atoms with Crippen LogP contribution in [0.2, 0.25) is 0 Å². The van der Waals surface area contributed by atoms with E-state index in [9.17, 15) is 9.59 Å². The molecule has 1 fully saturated rings. The Kier molecular flexibility index (Phi) is 10.2. The fourth-order valence-corrected chi connectivity index (χ4v) is 5.07. The third kappa shape index (κ3) is 7.82. The SMILES string of the molecule is CC(C)C(=O)N1CCCCCCCNCc2cc(C(=O)NCCC3CCCN(C)C3)ccc21. The highest BCUT2D eigenvalue weighted by Crippen LogP contribution is 2.26. The van der Waals surface area contributed by atoms with E-state index < -0.39 is 0 Å². The maximum absolute atomic E-state index is 13.0. The molecule has 1 aromatic carbocycles. The molecule has 6 heteroatoms. The van der Waals surface area contributed by atoms with E-state index in [-0.39, 0.29) is 17.7 Å². The lowest BCUT2D eigenvalue weighted by atomic mass is 9.95. The number of carbonyl (C=O) groups is 2. The molecule has 0 radical (unpaired) electrons. The Morgan fingerprint density at radius 1 is 1.09 bits per heavy atom. The van der Waals surface area contributed by atoms with E-state index in [1.807, 2.05) is 36.9 Å². The molecular formula is C27H44N4O2. The minimum atomic E-state index is -0.0551. The number of carbonyl (C=O) groups excluding carboxylic acids is 2. The maximum atomic E-state index is 13.0. The zero-order valence-electron chi connectivity index (χ0n) is 21.0. The number of hydrogen-bond acceptors (Lipinski definition) is 4. The lowest BCUT2D eigenvalue weighted by Gasteiger charge is -2.29. The van der Waals surface area contributed by atoms with Crippen molar-refractivity contribution in [3.63, 3.8) is 0 Å². The van der Waals surface area contributed by atoms with Gasteiger partial charge in [-0.15, -0.1) is 0 Å². The molecule has 2 N–H and O–H groups in total. The fraction of sp³-hybridized carbons (Fsp3) is 0.704. The Morgan fingerprint density at radius 3 is 2.67 bits per heavy atom. The number of hydrogen-bond donors (Lipinski definition) is 2. The molecule has 184 valence electrons. The van der Waals surface area contributed by atoms with Gasteiger partial charge in [0.2, 0.25) is 5.91 Å². The topological polar surface area (TPSA) is 64.7 Å². The van der Waals surface area contributed by atoms with Crippen LogP contribution < -0.4 is 15.5 Å². The van der Waals surface area contributed by atoms with Crippen molar-refractivity contribution in [1.82, 2.24) is 15.5 Å². The van der Waals surface area contributed by atoms with Crippen LogP contribution in [0.4, 0.5) is 5.69 Å². The summed E-state index contributed by atoms with van der Waals surface area (Å²) in [6.45, 7) is 9.32. The van der Waals surface area contributed by atoms with E-state index in [1.165, 1.54) is 38.6 Å². The van der Waals surface area contributed by atoms with Crippen LogP contribution >= 0.6 is 0 Å². The summed E-state index contributed by atoms with van der Waals surface area (Å²) in [7, 11) is 2.18. The fourth-order valence-electron chi connectivity index (χ4n) is 5.07. The summed E-state index contributed by atoms with van der Waals surface area (Å²) in [4.78, 5) is 30.3. The van der Waals surface area contributed by atoms with Crippen molar-refractivity contribution in [2.75, 3.05) is 44.7 Å². The van der Waals surface area contributed by atoms with Gasteiger partial charge < -0.3 is 20.4 Å². The van der Waals surface area contributed by atoms with Crippen molar-refractivity contribution in [2.45, 2.75) is 71.8 Å². The average molecular weight is 457 g/mol. The lowest BCUT2D eigenvalue weighted by molar-refractivity contribution is -0.121. The van der Waals surface area contributed by atoms with Crippen LogP contribution in [0.15, 0.2) is 18.2 Å². The van der Waals surface area contributed by atoms with Gasteiger partial charge in [0.05, 0.1) is 0 Å². The highest BCUT2D eigenvalue weighted by atomic mass is 16.2. The molecule has 2 heterocycles. The van der Waals surface area contributed by atoms with Crippen LogP contribution in [0.5, 0.6) is 0 Å². The van der Waals surface area contributed by atoms with E-state index >= 15 is 0 Å². The quantitative estimate of drug-likeness (QED) is 0.697. The van der Waals surface area contributed by atoms with E-state index in [0.29, 0.717) is 24.6 Å². The Bertz CT molecular complexity index is 779. The van der Waals surface area contributed by atoms with Gasteiger partial charge in [-0.25, -0.2) is 0 Å². The number of amides is 2. The second-order valence-electron chi connectivity index (χ2n) is 10.2. The van der Waals surface area contributed by atoms with Crippen LogP contribution in [-0.2, 0) is 11.3 Å². The molecule has 3 rings (SSSR count). The number of piperidine rings is 1. The van der Waals surface area contributed by atoms with Gasteiger partial charge in [-0.05, 0) is 81.9 Å². The smallest absolute Gasteiger partial charge is 0.251 e. The zero-order valence-corrected chi connectivity index (χ0v) is 21.0. The van der Waals surface area contributed by atoms with E-state index in [0.717, 1.165) is 50.1 Å². The number of fused-ring (bicyclic) bond motifs is 1. The highest BCUT2D eigenvalue weighted by molar-refractivity contribution is 5.98. The number of nitrogens with one attached hydrogen (secondary N) is 2. The maximum Gasteiger partial charge on any atom is 0.251 e. The second-order valence-corrected chi connectivity index (χ2v) is 10.2. The largest absolute Gasteiger partial charge is 0.352 e. The molecule has 0 aromatic heterocycles. The van der Waals surface area contributed by atoms with Crippen LogP contribution in [0.1, 0.15) is 81.1 Å². The minimum Gasteiger partial charge on any atom is -0.352 e. The Labute approximate surface area is 200 Å². The predicted molar refractivity (Wildman–Crippen MR) is 136 cm³/mol. The van der Waals surface area contributed by atoms with Crippen LogP contribution in [-0.4, -0.2) is 56.5 Å². The van der Waals surface area contributed by atoms with Gasteiger partial charge in [0, 0.05) is 43.3 Å². The Morgan fingerprint density at radius 2 is 1.88 bits per heavy atom. The molecule has 0 spiro atoms. The summed E-state index contributed by atoms with van der Waals surface area (Å²) in [6.07, 6.45) is 9.30. The third-order valence-electron chi connectivity index (χ3n) is 7.00. The first-order chi connectivity index (χ1) is 16.0. The average Bonchev–Trinajstić information content (AvgIpc) is 2.79. The minimum absolute atomic E-state index is 0.0187. The summed E-state index contributed by atoms with van der Waals surface area (Å²) >= 11 is 0. The van der Waals surface area contributed by atoms with E-state index in [2.05, 4.69) is 22.6 Å². The molecule has 0 bridgehead atoms. The summed E-state index contributed by atoms with van der Waals surface area (Å²) in [6, 6.07) is 5.85. The summed E-state index contributed by atoms with van der Waals surface area (Å²) in [5.41, 5.74) is 2.66. The molecular weight excluding hydrogens is 412 g/mol. The van der Waals surface area contributed by atoms with Gasteiger partial charge in [-0.2, -0.15) is 0 Å². The van der Waals surface area contributed by atoms with Crippen molar-refractivity contribution in [2.24, 2.45) is 11.8 Å². The number of rotatable bonds is 5. The molecule has 1 saturated heterocycles. The molecule has 6 nitrogen and oxygen atoms in total. The Hall–Kier alpha value is -1.92. The van der Waals surface area contributed by atoms with Crippen molar-refractivity contribution >= 4 is 17.5 Å². The van der Waals surface area contributed by atoms with Crippen LogP contribution in [0.25, 0.3) is 0 Å². The van der Waals surface area contributed by atoms with Crippen molar-refractivity contribution in [3.05, 3.63) is 29.3 Å². The van der Waals surface area contributed by atoms with Crippen molar-refractivity contribution < 1.29 is 9.59 Å². The molecule has 33 heavy (non-hydrogen) atoms. The van der Waals surface area contributed by atoms with Gasteiger partial charge in [0.1, 0.15) is 0 Å². The zero-order chi connectivity index (χ0) is 23.6. The monoisotopic (exact) mass is 456 g/mol. The number of anilines is 1. The normalized spacial score (nSPS) is 21.1. The van der Waals surface area contributed by atoms with Crippen LogP contribution in [0.3, 0.4) is 0 Å². The molecule has 0 aliphatic carbocycles. The standard InChI is InChI=1S/C27H44N4O2/c1-21(2)27(33)31-17-8-6-4-5-7-14-28-19-24-18-23(11-12-25(24)31)26(32)29-15-13-22-10-9-16-30(3)20-22/h11-12,18,21-22,28H,4-10,13-17,19-20H2,1-3H3,(H,29,32). The van der Waals surface area contributed by atoms with Gasteiger partial charge in [0.15, 0.2) is 0 Å². The first kappa shape index (κ1) is 25.7. The van der Waals surface area contributed by atoms with Gasteiger partial charge >= 0.3 is 0 Å². The first-order valence-electron chi connectivity index (χ1n) is 13.1. The molecule has 0 saturated carbocycles. The van der Waals surface area contributed by atoms with E-state index in [4.69, 9.17) is 0 Å². The molecule has 1 unspecified atom stereocenters. The van der Waals surface area contributed by atoms with Gasteiger partial charge in [-0.1, -0.05) is 33.1 Å². The molecule has 1 atom stereocenters. The Balaban J connectivity index is 1.71. The van der Waals surface area contributed by atoms with Crippen molar-refractivity contribution in [1.29, 1.82) is 0 Å². The number of likely N-dealkylation sites (tertiary alicyclic amines) is 1. The van der Waals surface area contributed by atoms with Crippen molar-refractivity contribution in [3.8, 4) is 0 Å². The molecule has 2 aliphatic rings. The predicted octanol–water partition coefficient (Wildman–Crippen LogP) is 4.19. The third-order valence-corrected chi connectivity index (χ3v) is 7.00. The molecule has 2 amide bonds. The summed E-state index contributed by atoms with van der Waals surface area (Å²) < 4.78 is 0. The highest BCUT2D eigenvalue weighted by Gasteiger charge is 2.22. The molecule has 1 aromatic rings. The second kappa shape index (κ2) is 13.1. The lowest BCUT2D eigenvalue weighted by Crippen LogP contribution is -2.36. The summed E-state index contributed by atoms with van der Waals surface area (Å²) in [5.74, 6) is 0.749.